The first-order valence-corrected chi connectivity index (χ1v) is 6.55. The topological polar surface area (TPSA) is 79.3 Å². The first-order valence-electron chi connectivity index (χ1n) is 6.55. The van der Waals surface area contributed by atoms with Crippen LogP contribution in [0.1, 0.15) is 6.42 Å². The number of urea groups is 1. The van der Waals surface area contributed by atoms with Crippen LogP contribution in [-0.4, -0.2) is 79.5 Å². The summed E-state index contributed by atoms with van der Waals surface area (Å²) in [6.45, 7) is 5.98. The van der Waals surface area contributed by atoms with Crippen LogP contribution >= 0.6 is 0 Å². The third-order valence-electron chi connectivity index (χ3n) is 3.07. The van der Waals surface area contributed by atoms with Gasteiger partial charge in [-0.05, 0) is 0 Å². The SMILES string of the molecule is C=CCN(CCOC)C(=O)N1CCOCC1CC(=O)O. The number of morpholine rings is 1. The van der Waals surface area contributed by atoms with Gasteiger partial charge in [-0.15, -0.1) is 6.58 Å². The second-order valence-electron chi connectivity index (χ2n) is 4.53. The van der Waals surface area contributed by atoms with E-state index in [2.05, 4.69) is 6.58 Å². The molecule has 7 nitrogen and oxygen atoms in total. The van der Waals surface area contributed by atoms with E-state index < -0.39 is 12.0 Å². The van der Waals surface area contributed by atoms with Crippen molar-refractivity contribution in [3.63, 3.8) is 0 Å². The smallest absolute Gasteiger partial charge is 0.320 e. The van der Waals surface area contributed by atoms with Crippen molar-refractivity contribution in [2.75, 3.05) is 46.6 Å². The van der Waals surface area contributed by atoms with Crippen molar-refractivity contribution in [2.24, 2.45) is 0 Å². The minimum absolute atomic E-state index is 0.113. The number of hydrogen-bond acceptors (Lipinski definition) is 4. The van der Waals surface area contributed by atoms with Crippen molar-refractivity contribution in [1.29, 1.82) is 0 Å². The molecule has 1 heterocycles. The predicted molar refractivity (Wildman–Crippen MR) is 72.6 cm³/mol. The minimum atomic E-state index is -0.939. The zero-order valence-corrected chi connectivity index (χ0v) is 11.8. The number of carbonyl (C=O) groups is 2. The monoisotopic (exact) mass is 286 g/mol. The normalized spacial score (nSPS) is 18.6. The van der Waals surface area contributed by atoms with Gasteiger partial charge in [-0.25, -0.2) is 4.79 Å². The Bertz CT molecular complexity index is 348. The largest absolute Gasteiger partial charge is 0.481 e. The fourth-order valence-corrected chi connectivity index (χ4v) is 2.08. The zero-order valence-electron chi connectivity index (χ0n) is 11.8. The highest BCUT2D eigenvalue weighted by Crippen LogP contribution is 2.13. The first-order chi connectivity index (χ1) is 9.60. The quantitative estimate of drug-likeness (QED) is 0.686. The van der Waals surface area contributed by atoms with E-state index in [1.807, 2.05) is 0 Å². The van der Waals surface area contributed by atoms with Crippen LogP contribution in [0.3, 0.4) is 0 Å². The summed E-state index contributed by atoms with van der Waals surface area (Å²) < 4.78 is 10.2. The molecule has 0 aliphatic carbocycles. The number of aliphatic carboxylic acids is 1. The number of carboxylic acid groups (broad SMARTS) is 1. The minimum Gasteiger partial charge on any atom is -0.481 e. The molecule has 0 aromatic carbocycles. The third kappa shape index (κ3) is 4.82. The van der Waals surface area contributed by atoms with Gasteiger partial charge in [0.2, 0.25) is 0 Å². The highest BCUT2D eigenvalue weighted by Gasteiger charge is 2.31. The van der Waals surface area contributed by atoms with E-state index in [0.29, 0.717) is 32.8 Å². The molecule has 0 bridgehead atoms. The fourth-order valence-electron chi connectivity index (χ4n) is 2.08. The number of nitrogens with zero attached hydrogens (tertiary/aromatic N) is 2. The second kappa shape index (κ2) is 8.55. The van der Waals surface area contributed by atoms with E-state index in [1.54, 1.807) is 23.0 Å². The van der Waals surface area contributed by atoms with Crippen molar-refractivity contribution >= 4 is 12.0 Å². The summed E-state index contributed by atoms with van der Waals surface area (Å²) in [4.78, 5) is 26.5. The summed E-state index contributed by atoms with van der Waals surface area (Å²) >= 11 is 0. The lowest BCUT2D eigenvalue weighted by molar-refractivity contribution is -0.139. The molecule has 0 radical (unpaired) electrons. The highest BCUT2D eigenvalue weighted by atomic mass is 16.5. The highest BCUT2D eigenvalue weighted by molar-refractivity contribution is 5.76. The van der Waals surface area contributed by atoms with Crippen LogP contribution in [0.2, 0.25) is 0 Å². The number of methoxy groups -OCH3 is 1. The van der Waals surface area contributed by atoms with Gasteiger partial charge in [0.15, 0.2) is 0 Å². The molecule has 1 unspecified atom stereocenters. The number of rotatable bonds is 7. The first kappa shape index (κ1) is 16.5. The number of hydrogen-bond donors (Lipinski definition) is 1. The van der Waals surface area contributed by atoms with Gasteiger partial charge in [0.05, 0.1) is 32.3 Å². The molecule has 7 heteroatoms. The van der Waals surface area contributed by atoms with Gasteiger partial charge < -0.3 is 24.4 Å². The summed E-state index contributed by atoms with van der Waals surface area (Å²) in [6.07, 6.45) is 1.53. The average molecular weight is 286 g/mol. The lowest BCUT2D eigenvalue weighted by Crippen LogP contribution is -2.54. The van der Waals surface area contributed by atoms with Crippen LogP contribution in [-0.2, 0) is 14.3 Å². The Morgan fingerprint density at radius 2 is 2.35 bits per heavy atom. The summed E-state index contributed by atoms with van der Waals surface area (Å²) in [5.74, 6) is -0.939. The van der Waals surface area contributed by atoms with Crippen LogP contribution in [0, 0.1) is 0 Å². The molecule has 0 saturated carbocycles. The molecule has 1 aliphatic rings. The van der Waals surface area contributed by atoms with Crippen LogP contribution in [0.4, 0.5) is 4.79 Å². The van der Waals surface area contributed by atoms with E-state index in [9.17, 15) is 9.59 Å². The summed E-state index contributed by atoms with van der Waals surface area (Å²) in [7, 11) is 1.57. The number of carbonyl (C=O) groups excluding carboxylic acids is 1. The van der Waals surface area contributed by atoms with E-state index in [-0.39, 0.29) is 19.1 Å². The maximum atomic E-state index is 12.5. The molecular weight excluding hydrogens is 264 g/mol. The Hall–Kier alpha value is -1.60. The van der Waals surface area contributed by atoms with E-state index in [1.165, 1.54) is 0 Å². The fraction of sp³-hybridized carbons (Fsp3) is 0.692. The number of amides is 2. The van der Waals surface area contributed by atoms with Crippen LogP contribution in [0.5, 0.6) is 0 Å². The summed E-state index contributed by atoms with van der Waals surface area (Å²) in [5.41, 5.74) is 0. The maximum Gasteiger partial charge on any atom is 0.320 e. The second-order valence-corrected chi connectivity index (χ2v) is 4.53. The van der Waals surface area contributed by atoms with E-state index in [0.717, 1.165) is 0 Å². The summed E-state index contributed by atoms with van der Waals surface area (Å²) in [5, 5.41) is 8.91. The zero-order chi connectivity index (χ0) is 15.0. The van der Waals surface area contributed by atoms with Crippen LogP contribution in [0.15, 0.2) is 12.7 Å². The lowest BCUT2D eigenvalue weighted by atomic mass is 10.1. The van der Waals surface area contributed by atoms with Crippen molar-refractivity contribution < 1.29 is 24.2 Å². The predicted octanol–water partition coefficient (Wildman–Crippen LogP) is 0.416. The molecule has 0 spiro atoms. The van der Waals surface area contributed by atoms with Crippen molar-refractivity contribution in [3.05, 3.63) is 12.7 Å². The molecule has 1 atom stereocenters. The molecule has 1 rings (SSSR count). The molecule has 114 valence electrons. The molecule has 20 heavy (non-hydrogen) atoms. The van der Waals surface area contributed by atoms with Crippen LogP contribution in [0.25, 0.3) is 0 Å². The number of carboxylic acids is 1. The Kier molecular flexibility index (Phi) is 7.03. The standard InChI is InChI=1S/C13H22N2O5/c1-3-4-14(5-7-19-2)13(18)15-6-8-20-10-11(15)9-12(16)17/h3,11H,1,4-10H2,2H3,(H,16,17). The Morgan fingerprint density at radius 3 is 2.95 bits per heavy atom. The average Bonchev–Trinajstić information content (AvgIpc) is 2.42. The van der Waals surface area contributed by atoms with Gasteiger partial charge in [0.25, 0.3) is 0 Å². The molecular formula is C13H22N2O5. The van der Waals surface area contributed by atoms with E-state index in [4.69, 9.17) is 14.6 Å². The molecule has 1 fully saturated rings. The third-order valence-corrected chi connectivity index (χ3v) is 3.07. The van der Waals surface area contributed by atoms with Gasteiger partial charge in [0, 0.05) is 26.7 Å². The van der Waals surface area contributed by atoms with Crippen molar-refractivity contribution in [2.45, 2.75) is 12.5 Å². The lowest BCUT2D eigenvalue weighted by Gasteiger charge is -2.38. The van der Waals surface area contributed by atoms with Gasteiger partial charge in [-0.3, -0.25) is 4.79 Å². The molecule has 1 N–H and O–H groups in total. The summed E-state index contributed by atoms with van der Waals surface area (Å²) in [6, 6.07) is -0.625. The Labute approximate surface area is 118 Å². The molecule has 1 saturated heterocycles. The molecule has 1 aliphatic heterocycles. The van der Waals surface area contributed by atoms with Gasteiger partial charge >= 0.3 is 12.0 Å². The van der Waals surface area contributed by atoms with Crippen LogP contribution < -0.4 is 0 Å². The van der Waals surface area contributed by atoms with E-state index >= 15 is 0 Å². The van der Waals surface area contributed by atoms with Gasteiger partial charge in [-0.2, -0.15) is 0 Å². The maximum absolute atomic E-state index is 12.5. The number of ether oxygens (including phenoxy) is 2. The molecule has 2 amide bonds. The molecule has 0 aromatic rings. The molecule has 0 aromatic heterocycles. The Balaban J connectivity index is 2.72. The Morgan fingerprint density at radius 1 is 1.60 bits per heavy atom. The van der Waals surface area contributed by atoms with Crippen molar-refractivity contribution in [3.8, 4) is 0 Å². The van der Waals surface area contributed by atoms with Crippen molar-refractivity contribution in [1.82, 2.24) is 9.80 Å². The van der Waals surface area contributed by atoms with Gasteiger partial charge in [-0.1, -0.05) is 6.08 Å². The van der Waals surface area contributed by atoms with Gasteiger partial charge in [0.1, 0.15) is 0 Å².